The van der Waals surface area contributed by atoms with Gasteiger partial charge in [0.05, 0.1) is 6.20 Å². The number of aliphatic hydroxyl groups is 1. The summed E-state index contributed by atoms with van der Waals surface area (Å²) in [5.74, 6) is 0.716. The van der Waals surface area contributed by atoms with E-state index in [0.29, 0.717) is 18.0 Å². The highest BCUT2D eigenvalue weighted by Gasteiger charge is 2.25. The zero-order chi connectivity index (χ0) is 15.2. The lowest BCUT2D eigenvalue weighted by Crippen LogP contribution is -2.39. The normalized spacial score (nSPS) is 19.9. The van der Waals surface area contributed by atoms with Gasteiger partial charge in [0.1, 0.15) is 0 Å². The minimum atomic E-state index is 0.270. The van der Waals surface area contributed by atoms with E-state index in [2.05, 4.69) is 37.4 Å². The Balaban J connectivity index is 1.97. The van der Waals surface area contributed by atoms with Gasteiger partial charge >= 0.3 is 0 Å². The fraction of sp³-hybridized carbons (Fsp3) is 0.824. The van der Waals surface area contributed by atoms with Crippen LogP contribution in [0.1, 0.15) is 76.9 Å². The molecule has 0 spiro atoms. The SMILES string of the molecule is CC(NC(CCO)C1CCCCC1)c1cnn(C(C)C)c1. The number of nitrogens with one attached hydrogen (secondary N) is 1. The summed E-state index contributed by atoms with van der Waals surface area (Å²) in [5.41, 5.74) is 1.24. The Labute approximate surface area is 128 Å². The van der Waals surface area contributed by atoms with Gasteiger partial charge in [-0.25, -0.2) is 0 Å². The summed E-state index contributed by atoms with van der Waals surface area (Å²) in [4.78, 5) is 0. The van der Waals surface area contributed by atoms with Crippen LogP contribution in [0.2, 0.25) is 0 Å². The molecule has 2 atom stereocenters. The average molecular weight is 293 g/mol. The molecule has 0 amide bonds. The predicted octanol–water partition coefficient (Wildman–Crippen LogP) is 3.45. The van der Waals surface area contributed by atoms with E-state index in [1.807, 2.05) is 10.9 Å². The van der Waals surface area contributed by atoms with Crippen molar-refractivity contribution in [3.05, 3.63) is 18.0 Å². The lowest BCUT2D eigenvalue weighted by molar-refractivity contribution is 0.198. The molecule has 0 saturated heterocycles. The molecule has 0 radical (unpaired) electrons. The van der Waals surface area contributed by atoms with Crippen molar-refractivity contribution in [2.24, 2.45) is 5.92 Å². The summed E-state index contributed by atoms with van der Waals surface area (Å²) in [6.45, 7) is 6.76. The minimum absolute atomic E-state index is 0.270. The van der Waals surface area contributed by atoms with Crippen LogP contribution in [-0.2, 0) is 0 Å². The Kier molecular flexibility index (Phi) is 6.24. The molecule has 4 nitrogen and oxygen atoms in total. The van der Waals surface area contributed by atoms with E-state index in [1.165, 1.54) is 37.7 Å². The number of nitrogens with zero attached hydrogens (tertiary/aromatic N) is 2. The highest BCUT2D eigenvalue weighted by Crippen LogP contribution is 2.29. The summed E-state index contributed by atoms with van der Waals surface area (Å²) in [5, 5.41) is 17.5. The van der Waals surface area contributed by atoms with Crippen LogP contribution >= 0.6 is 0 Å². The van der Waals surface area contributed by atoms with Crippen molar-refractivity contribution in [3.8, 4) is 0 Å². The van der Waals surface area contributed by atoms with Crippen molar-refractivity contribution in [1.29, 1.82) is 0 Å². The molecule has 2 rings (SSSR count). The van der Waals surface area contributed by atoms with Crippen LogP contribution in [0.15, 0.2) is 12.4 Å². The molecule has 0 aromatic carbocycles. The zero-order valence-electron chi connectivity index (χ0n) is 13.8. The lowest BCUT2D eigenvalue weighted by Gasteiger charge is -2.32. The molecule has 4 heteroatoms. The van der Waals surface area contributed by atoms with E-state index in [9.17, 15) is 5.11 Å². The number of aromatic nitrogens is 2. The van der Waals surface area contributed by atoms with Gasteiger partial charge in [-0.2, -0.15) is 5.10 Å². The third-order valence-corrected chi connectivity index (χ3v) is 4.77. The van der Waals surface area contributed by atoms with Gasteiger partial charge in [-0.15, -0.1) is 0 Å². The van der Waals surface area contributed by atoms with Gasteiger partial charge in [-0.1, -0.05) is 19.3 Å². The smallest absolute Gasteiger partial charge is 0.0537 e. The molecule has 0 aliphatic heterocycles. The van der Waals surface area contributed by atoms with Gasteiger partial charge in [0.15, 0.2) is 0 Å². The van der Waals surface area contributed by atoms with Crippen molar-refractivity contribution in [1.82, 2.24) is 15.1 Å². The zero-order valence-corrected chi connectivity index (χ0v) is 13.8. The Morgan fingerprint density at radius 1 is 1.29 bits per heavy atom. The molecule has 2 N–H and O–H groups in total. The number of hydrogen-bond acceptors (Lipinski definition) is 3. The molecule has 1 aromatic heterocycles. The van der Waals surface area contributed by atoms with E-state index >= 15 is 0 Å². The van der Waals surface area contributed by atoms with Crippen molar-refractivity contribution in [2.45, 2.75) is 77.4 Å². The van der Waals surface area contributed by atoms with E-state index in [0.717, 1.165) is 6.42 Å². The largest absolute Gasteiger partial charge is 0.396 e. The topological polar surface area (TPSA) is 50.1 Å². The molecular formula is C17H31N3O. The molecule has 1 aromatic rings. The van der Waals surface area contributed by atoms with E-state index < -0.39 is 0 Å². The van der Waals surface area contributed by atoms with E-state index in [-0.39, 0.29) is 12.6 Å². The fourth-order valence-electron chi connectivity index (χ4n) is 3.41. The summed E-state index contributed by atoms with van der Waals surface area (Å²) in [6, 6.07) is 1.11. The van der Waals surface area contributed by atoms with Gasteiger partial charge in [0.2, 0.25) is 0 Å². The summed E-state index contributed by atoms with van der Waals surface area (Å²) < 4.78 is 2.01. The van der Waals surface area contributed by atoms with Gasteiger partial charge < -0.3 is 10.4 Å². The number of hydrogen-bond donors (Lipinski definition) is 2. The van der Waals surface area contributed by atoms with Gasteiger partial charge in [-0.3, -0.25) is 4.68 Å². The second kappa shape index (κ2) is 7.95. The fourth-order valence-corrected chi connectivity index (χ4v) is 3.41. The van der Waals surface area contributed by atoms with Crippen molar-refractivity contribution in [3.63, 3.8) is 0 Å². The first-order valence-corrected chi connectivity index (χ1v) is 8.52. The van der Waals surface area contributed by atoms with Crippen LogP contribution in [0.3, 0.4) is 0 Å². The first kappa shape index (κ1) is 16.5. The summed E-state index contributed by atoms with van der Waals surface area (Å²) in [6.07, 6.45) is 11.6. The second-order valence-electron chi connectivity index (χ2n) is 6.75. The van der Waals surface area contributed by atoms with Crippen LogP contribution in [0.4, 0.5) is 0 Å². The van der Waals surface area contributed by atoms with Crippen molar-refractivity contribution >= 4 is 0 Å². The number of aliphatic hydroxyl groups excluding tert-OH is 1. The molecule has 0 bridgehead atoms. The molecule has 2 unspecified atom stereocenters. The third-order valence-electron chi connectivity index (χ3n) is 4.77. The van der Waals surface area contributed by atoms with E-state index in [1.54, 1.807) is 0 Å². The molecular weight excluding hydrogens is 262 g/mol. The van der Waals surface area contributed by atoms with Gasteiger partial charge in [0, 0.05) is 36.5 Å². The van der Waals surface area contributed by atoms with Crippen LogP contribution in [0.25, 0.3) is 0 Å². The predicted molar refractivity (Wildman–Crippen MR) is 86.2 cm³/mol. The number of rotatable bonds is 7. The maximum atomic E-state index is 9.37. The van der Waals surface area contributed by atoms with Crippen LogP contribution in [0, 0.1) is 5.92 Å². The minimum Gasteiger partial charge on any atom is -0.396 e. The molecule has 1 saturated carbocycles. The molecule has 1 aliphatic rings. The highest BCUT2D eigenvalue weighted by molar-refractivity contribution is 5.10. The van der Waals surface area contributed by atoms with Gasteiger partial charge in [0.25, 0.3) is 0 Å². The molecule has 21 heavy (non-hydrogen) atoms. The quantitative estimate of drug-likeness (QED) is 0.809. The second-order valence-corrected chi connectivity index (χ2v) is 6.75. The Hall–Kier alpha value is -0.870. The summed E-state index contributed by atoms with van der Waals surface area (Å²) in [7, 11) is 0. The van der Waals surface area contributed by atoms with Crippen molar-refractivity contribution < 1.29 is 5.11 Å². The van der Waals surface area contributed by atoms with Crippen LogP contribution in [-0.4, -0.2) is 27.5 Å². The molecule has 1 aliphatic carbocycles. The lowest BCUT2D eigenvalue weighted by atomic mass is 9.82. The highest BCUT2D eigenvalue weighted by atomic mass is 16.3. The van der Waals surface area contributed by atoms with E-state index in [4.69, 9.17) is 0 Å². The molecule has 1 fully saturated rings. The van der Waals surface area contributed by atoms with Crippen LogP contribution in [0.5, 0.6) is 0 Å². The Bertz CT molecular complexity index is 410. The van der Waals surface area contributed by atoms with Crippen LogP contribution < -0.4 is 5.32 Å². The van der Waals surface area contributed by atoms with Gasteiger partial charge in [-0.05, 0) is 46.0 Å². The maximum absolute atomic E-state index is 9.37. The first-order valence-electron chi connectivity index (χ1n) is 8.52. The third kappa shape index (κ3) is 4.55. The first-order chi connectivity index (χ1) is 10.1. The molecule has 1 heterocycles. The standard InChI is InChI=1S/C17H31N3O/c1-13(2)20-12-16(11-18-20)14(3)19-17(9-10-21)15-7-5-4-6-8-15/h11-15,17,19,21H,4-10H2,1-3H3. The Morgan fingerprint density at radius 2 is 2.00 bits per heavy atom. The maximum Gasteiger partial charge on any atom is 0.0537 e. The molecule has 120 valence electrons. The average Bonchev–Trinajstić information content (AvgIpc) is 2.98. The van der Waals surface area contributed by atoms with Crippen molar-refractivity contribution in [2.75, 3.05) is 6.61 Å². The Morgan fingerprint density at radius 3 is 2.57 bits per heavy atom. The summed E-state index contributed by atoms with van der Waals surface area (Å²) >= 11 is 0. The monoisotopic (exact) mass is 293 g/mol.